The molecule has 2 aromatic rings. The highest BCUT2D eigenvalue weighted by atomic mass is 79.9. The Hall–Kier alpha value is -0.870. The van der Waals surface area contributed by atoms with Gasteiger partial charge in [0.25, 0.3) is 0 Å². The summed E-state index contributed by atoms with van der Waals surface area (Å²) in [5.74, 6) is 0.609. The van der Waals surface area contributed by atoms with Crippen LogP contribution in [0.4, 0.5) is 4.39 Å². The molecule has 0 amide bonds. The maximum Gasteiger partial charge on any atom is 0.137 e. The third-order valence-corrected chi connectivity index (χ3v) is 4.61. The summed E-state index contributed by atoms with van der Waals surface area (Å²) < 4.78 is 19.0. The van der Waals surface area contributed by atoms with Crippen LogP contribution in [0.3, 0.4) is 0 Å². The first-order valence-corrected chi connectivity index (χ1v) is 7.47. The summed E-state index contributed by atoms with van der Waals surface area (Å²) in [5.41, 5.74) is 3.18. The van der Waals surface area contributed by atoms with Gasteiger partial charge in [0.1, 0.15) is 11.6 Å². The molecule has 0 aliphatic rings. The van der Waals surface area contributed by atoms with Gasteiger partial charge in [-0.05, 0) is 57.7 Å². The molecule has 0 bridgehead atoms. The molecule has 4 heteroatoms. The first-order valence-electron chi connectivity index (χ1n) is 5.76. The fourth-order valence-corrected chi connectivity index (χ4v) is 2.89. The van der Waals surface area contributed by atoms with Crippen molar-refractivity contribution >= 4 is 31.9 Å². The maximum absolute atomic E-state index is 13.2. The molecule has 0 saturated heterocycles. The summed E-state index contributed by atoms with van der Waals surface area (Å²) in [6.07, 6.45) is 0. The van der Waals surface area contributed by atoms with Gasteiger partial charge in [0, 0.05) is 0 Å². The highest BCUT2D eigenvalue weighted by molar-refractivity contribution is 9.10. The SMILES string of the molecule is COc1ccc(C(Br)c2ccc(F)c(Br)c2)cc1C. The van der Waals surface area contributed by atoms with Crippen molar-refractivity contribution < 1.29 is 9.13 Å². The van der Waals surface area contributed by atoms with E-state index in [1.807, 2.05) is 19.1 Å². The van der Waals surface area contributed by atoms with Gasteiger partial charge in [-0.15, -0.1) is 0 Å². The molecule has 2 aromatic carbocycles. The molecule has 2 rings (SSSR count). The molecule has 0 heterocycles. The molecule has 0 radical (unpaired) electrons. The number of rotatable bonds is 3. The fraction of sp³-hybridized carbons (Fsp3) is 0.200. The van der Waals surface area contributed by atoms with Crippen LogP contribution in [-0.4, -0.2) is 7.11 Å². The van der Waals surface area contributed by atoms with Crippen molar-refractivity contribution in [1.82, 2.24) is 0 Å². The van der Waals surface area contributed by atoms with Crippen molar-refractivity contribution in [2.75, 3.05) is 7.11 Å². The second kappa shape index (κ2) is 6.06. The van der Waals surface area contributed by atoms with Gasteiger partial charge in [-0.25, -0.2) is 4.39 Å². The molecule has 0 saturated carbocycles. The highest BCUT2D eigenvalue weighted by Gasteiger charge is 2.13. The molecule has 0 fully saturated rings. The molecule has 0 N–H and O–H groups in total. The van der Waals surface area contributed by atoms with Crippen LogP contribution in [0.2, 0.25) is 0 Å². The van der Waals surface area contributed by atoms with Crippen molar-refractivity contribution in [2.24, 2.45) is 0 Å². The molecular formula is C15H13Br2FO. The lowest BCUT2D eigenvalue weighted by atomic mass is 10.0. The van der Waals surface area contributed by atoms with Gasteiger partial charge in [-0.3, -0.25) is 0 Å². The summed E-state index contributed by atoms with van der Waals surface area (Å²) >= 11 is 6.86. The predicted molar refractivity (Wildman–Crippen MR) is 82.6 cm³/mol. The zero-order valence-corrected chi connectivity index (χ0v) is 13.8. The average Bonchev–Trinajstić information content (AvgIpc) is 2.41. The van der Waals surface area contributed by atoms with E-state index in [1.54, 1.807) is 19.2 Å². The van der Waals surface area contributed by atoms with E-state index in [9.17, 15) is 4.39 Å². The third kappa shape index (κ3) is 3.18. The van der Waals surface area contributed by atoms with Crippen molar-refractivity contribution in [3.8, 4) is 5.75 Å². The molecule has 19 heavy (non-hydrogen) atoms. The van der Waals surface area contributed by atoms with Gasteiger partial charge in [0.15, 0.2) is 0 Å². The number of hydrogen-bond acceptors (Lipinski definition) is 1. The van der Waals surface area contributed by atoms with Gasteiger partial charge in [-0.2, -0.15) is 0 Å². The lowest BCUT2D eigenvalue weighted by Crippen LogP contribution is -1.96. The largest absolute Gasteiger partial charge is 0.496 e. The lowest BCUT2D eigenvalue weighted by Gasteiger charge is -2.13. The number of benzene rings is 2. The van der Waals surface area contributed by atoms with Crippen molar-refractivity contribution in [3.63, 3.8) is 0 Å². The normalized spacial score (nSPS) is 12.3. The number of methoxy groups -OCH3 is 1. The number of halogens is 3. The standard InChI is InChI=1S/C15H13Br2FO/c1-9-7-10(4-6-14(9)19-2)15(17)11-3-5-13(18)12(16)8-11/h3-8,15H,1-2H3. The summed E-state index contributed by atoms with van der Waals surface area (Å²) in [6, 6.07) is 11.0. The Morgan fingerprint density at radius 3 is 2.32 bits per heavy atom. The number of ether oxygens (including phenoxy) is 1. The Morgan fingerprint density at radius 2 is 1.74 bits per heavy atom. The van der Waals surface area contributed by atoms with Crippen molar-refractivity contribution in [3.05, 3.63) is 63.4 Å². The van der Waals surface area contributed by atoms with Crippen LogP contribution in [0, 0.1) is 12.7 Å². The van der Waals surface area contributed by atoms with E-state index < -0.39 is 0 Å². The number of hydrogen-bond donors (Lipinski definition) is 0. The average molecular weight is 388 g/mol. The van der Waals surface area contributed by atoms with Gasteiger partial charge >= 0.3 is 0 Å². The monoisotopic (exact) mass is 386 g/mol. The molecule has 0 aliphatic heterocycles. The first-order chi connectivity index (χ1) is 9.02. The predicted octanol–water partition coefficient (Wildman–Crippen LogP) is 5.39. The molecule has 1 unspecified atom stereocenters. The Balaban J connectivity index is 2.35. The smallest absolute Gasteiger partial charge is 0.137 e. The molecule has 0 spiro atoms. The van der Waals surface area contributed by atoms with E-state index in [0.717, 1.165) is 22.4 Å². The fourth-order valence-electron chi connectivity index (χ4n) is 1.92. The molecule has 1 nitrogen and oxygen atoms in total. The quantitative estimate of drug-likeness (QED) is 0.641. The summed E-state index contributed by atoms with van der Waals surface area (Å²) in [5, 5.41) is 0. The molecule has 0 aliphatic carbocycles. The summed E-state index contributed by atoms with van der Waals surface area (Å²) in [7, 11) is 1.66. The molecule has 1 atom stereocenters. The molecule has 0 aromatic heterocycles. The Labute approximate surface area is 129 Å². The minimum Gasteiger partial charge on any atom is -0.496 e. The van der Waals surface area contributed by atoms with Gasteiger partial charge in [0.2, 0.25) is 0 Å². The van der Waals surface area contributed by atoms with Crippen molar-refractivity contribution in [1.29, 1.82) is 0 Å². The third-order valence-electron chi connectivity index (χ3n) is 2.95. The zero-order chi connectivity index (χ0) is 14.0. The van der Waals surface area contributed by atoms with E-state index in [2.05, 4.69) is 37.9 Å². The van der Waals surface area contributed by atoms with E-state index >= 15 is 0 Å². The zero-order valence-electron chi connectivity index (χ0n) is 10.6. The topological polar surface area (TPSA) is 9.23 Å². The molecule has 100 valence electrons. The minimum atomic E-state index is -0.255. The Morgan fingerprint density at radius 1 is 1.11 bits per heavy atom. The van der Waals surface area contributed by atoms with Crippen LogP contribution < -0.4 is 4.74 Å². The lowest BCUT2D eigenvalue weighted by molar-refractivity contribution is 0.411. The van der Waals surface area contributed by atoms with Crippen LogP contribution in [0.1, 0.15) is 21.5 Å². The van der Waals surface area contributed by atoms with Crippen LogP contribution in [0.15, 0.2) is 40.9 Å². The van der Waals surface area contributed by atoms with E-state index in [4.69, 9.17) is 4.74 Å². The van der Waals surface area contributed by atoms with Crippen LogP contribution in [-0.2, 0) is 0 Å². The van der Waals surface area contributed by atoms with Crippen LogP contribution >= 0.6 is 31.9 Å². The minimum absolute atomic E-state index is 0.0222. The van der Waals surface area contributed by atoms with Crippen molar-refractivity contribution in [2.45, 2.75) is 11.8 Å². The van der Waals surface area contributed by atoms with Gasteiger partial charge < -0.3 is 4.74 Å². The van der Waals surface area contributed by atoms with E-state index in [-0.39, 0.29) is 10.6 Å². The molecular weight excluding hydrogens is 375 g/mol. The van der Waals surface area contributed by atoms with Gasteiger partial charge in [0.05, 0.1) is 16.4 Å². The number of aryl methyl sites for hydroxylation is 1. The summed E-state index contributed by atoms with van der Waals surface area (Å²) in [6.45, 7) is 2.00. The van der Waals surface area contributed by atoms with Gasteiger partial charge in [-0.1, -0.05) is 34.1 Å². The first kappa shape index (κ1) is 14.5. The Kier molecular flexibility index (Phi) is 4.63. The van der Waals surface area contributed by atoms with E-state index in [1.165, 1.54) is 6.07 Å². The maximum atomic E-state index is 13.2. The number of alkyl halides is 1. The summed E-state index contributed by atoms with van der Waals surface area (Å²) in [4.78, 5) is 0.0222. The van der Waals surface area contributed by atoms with Crippen LogP contribution in [0.25, 0.3) is 0 Å². The Bertz CT molecular complexity index is 599. The van der Waals surface area contributed by atoms with Crippen LogP contribution in [0.5, 0.6) is 5.75 Å². The second-order valence-electron chi connectivity index (χ2n) is 4.27. The highest BCUT2D eigenvalue weighted by Crippen LogP contribution is 2.34. The second-order valence-corrected chi connectivity index (χ2v) is 6.04. The van der Waals surface area contributed by atoms with E-state index in [0.29, 0.717) is 4.47 Å².